The fraction of sp³-hybridized carbons (Fsp3) is 0.133. The van der Waals surface area contributed by atoms with Crippen LogP contribution < -0.4 is 11.2 Å². The number of benzene rings is 1. The number of ether oxygens (including phenoxy) is 2. The molecule has 0 atom stereocenters. The number of hydrogen-bond acceptors (Lipinski definition) is 8. The Hall–Kier alpha value is -3.29. The number of nitrogens with one attached hydrogen (secondary N) is 1. The Balaban J connectivity index is 2.82. The standard InChI is InChI=1S/C15H15BN4O5/c1-24-14(19)8-3-4-10(16(22)23)11(5-8)20-7-9(6-17)12(18)13(20)15(21)25-2/h3-5,7,19,22-23H,18H2,1-2H3. The lowest BCUT2D eigenvalue weighted by Crippen LogP contribution is -2.34. The molecule has 0 saturated carbocycles. The zero-order valence-electron chi connectivity index (χ0n) is 13.5. The smallest absolute Gasteiger partial charge is 0.481 e. The highest BCUT2D eigenvalue weighted by atomic mass is 16.5. The summed E-state index contributed by atoms with van der Waals surface area (Å²) in [5.41, 5.74) is 6.13. The van der Waals surface area contributed by atoms with Crippen LogP contribution in [0.5, 0.6) is 0 Å². The Bertz CT molecular complexity index is 885. The van der Waals surface area contributed by atoms with E-state index in [1.165, 1.54) is 36.1 Å². The number of esters is 1. The number of nitrogen functional groups attached to an aromatic ring is 1. The van der Waals surface area contributed by atoms with Crippen molar-refractivity contribution in [1.82, 2.24) is 4.57 Å². The summed E-state index contributed by atoms with van der Waals surface area (Å²) in [7, 11) is 0.614. The number of hydrogen-bond donors (Lipinski definition) is 4. The van der Waals surface area contributed by atoms with Gasteiger partial charge in [0.25, 0.3) is 0 Å². The highest BCUT2D eigenvalue weighted by molar-refractivity contribution is 6.60. The molecule has 0 radical (unpaired) electrons. The summed E-state index contributed by atoms with van der Waals surface area (Å²) in [5, 5.41) is 36.2. The normalized spacial score (nSPS) is 10.0. The molecule has 25 heavy (non-hydrogen) atoms. The van der Waals surface area contributed by atoms with Crippen molar-refractivity contribution in [2.75, 3.05) is 20.0 Å². The molecule has 0 aliphatic heterocycles. The average Bonchev–Trinajstić information content (AvgIpc) is 2.96. The second kappa shape index (κ2) is 7.08. The van der Waals surface area contributed by atoms with Crippen molar-refractivity contribution in [1.29, 1.82) is 10.7 Å². The summed E-state index contributed by atoms with van der Waals surface area (Å²) in [6.45, 7) is 0. The molecule has 0 saturated heterocycles. The molecule has 1 aromatic carbocycles. The number of methoxy groups -OCH3 is 2. The summed E-state index contributed by atoms with van der Waals surface area (Å²) in [6, 6.07) is 6.09. The summed E-state index contributed by atoms with van der Waals surface area (Å²) in [4.78, 5) is 12.1. The van der Waals surface area contributed by atoms with Gasteiger partial charge in [0.15, 0.2) is 5.69 Å². The van der Waals surface area contributed by atoms with Crippen molar-refractivity contribution >= 4 is 30.1 Å². The number of aromatic nitrogens is 1. The van der Waals surface area contributed by atoms with Crippen molar-refractivity contribution < 1.29 is 24.3 Å². The van der Waals surface area contributed by atoms with Crippen LogP contribution in [0.4, 0.5) is 5.69 Å². The van der Waals surface area contributed by atoms with E-state index in [9.17, 15) is 14.8 Å². The van der Waals surface area contributed by atoms with E-state index in [4.69, 9.17) is 25.9 Å². The third-order valence-corrected chi connectivity index (χ3v) is 3.58. The second-order valence-corrected chi connectivity index (χ2v) is 4.96. The van der Waals surface area contributed by atoms with E-state index in [1.807, 2.05) is 6.07 Å². The zero-order valence-corrected chi connectivity index (χ0v) is 13.5. The van der Waals surface area contributed by atoms with Crippen LogP contribution in [0, 0.1) is 16.7 Å². The van der Waals surface area contributed by atoms with Crippen LogP contribution in [-0.2, 0) is 9.47 Å². The Morgan fingerprint density at radius 3 is 2.56 bits per heavy atom. The van der Waals surface area contributed by atoms with Crippen LogP contribution in [0.15, 0.2) is 24.4 Å². The summed E-state index contributed by atoms with van der Waals surface area (Å²) >= 11 is 0. The van der Waals surface area contributed by atoms with Gasteiger partial charge < -0.3 is 29.8 Å². The molecule has 10 heteroatoms. The molecular weight excluding hydrogens is 327 g/mol. The first-order chi connectivity index (χ1) is 11.8. The van der Waals surface area contributed by atoms with E-state index in [2.05, 4.69) is 0 Å². The van der Waals surface area contributed by atoms with Gasteiger partial charge in [0.05, 0.1) is 25.5 Å². The van der Waals surface area contributed by atoms with Crippen LogP contribution in [0.1, 0.15) is 21.6 Å². The van der Waals surface area contributed by atoms with Gasteiger partial charge in [-0.25, -0.2) is 4.79 Å². The van der Waals surface area contributed by atoms with Crippen LogP contribution in [-0.4, -0.2) is 47.8 Å². The van der Waals surface area contributed by atoms with Gasteiger partial charge in [-0.15, -0.1) is 0 Å². The van der Waals surface area contributed by atoms with E-state index >= 15 is 0 Å². The first-order valence-electron chi connectivity index (χ1n) is 6.98. The van der Waals surface area contributed by atoms with Gasteiger partial charge in [0.2, 0.25) is 5.90 Å². The van der Waals surface area contributed by atoms with Gasteiger partial charge in [-0.05, 0) is 12.1 Å². The van der Waals surface area contributed by atoms with Crippen molar-refractivity contribution in [2.24, 2.45) is 0 Å². The van der Waals surface area contributed by atoms with Gasteiger partial charge in [-0.1, -0.05) is 6.07 Å². The van der Waals surface area contributed by atoms with Crippen LogP contribution >= 0.6 is 0 Å². The van der Waals surface area contributed by atoms with Crippen molar-refractivity contribution in [3.8, 4) is 11.8 Å². The quantitative estimate of drug-likeness (QED) is 0.249. The first kappa shape index (κ1) is 18.1. The molecule has 1 heterocycles. The lowest BCUT2D eigenvalue weighted by Gasteiger charge is -2.15. The van der Waals surface area contributed by atoms with E-state index in [0.29, 0.717) is 5.56 Å². The van der Waals surface area contributed by atoms with E-state index in [-0.39, 0.29) is 34.0 Å². The SMILES string of the molecule is COC(=N)c1ccc(B(O)O)c(-n2cc(C#N)c(N)c2C(=O)OC)c1. The minimum Gasteiger partial charge on any atom is -0.481 e. The Kier molecular flexibility index (Phi) is 5.12. The van der Waals surface area contributed by atoms with Crippen molar-refractivity contribution in [3.63, 3.8) is 0 Å². The number of nitrogens with two attached hydrogens (primary N) is 1. The molecule has 0 spiro atoms. The molecule has 5 N–H and O–H groups in total. The first-order valence-corrected chi connectivity index (χ1v) is 6.98. The molecule has 0 unspecified atom stereocenters. The summed E-state index contributed by atoms with van der Waals surface area (Å²) in [5.74, 6) is -0.968. The van der Waals surface area contributed by atoms with Crippen LogP contribution in [0.3, 0.4) is 0 Å². The highest BCUT2D eigenvalue weighted by Crippen LogP contribution is 2.24. The molecule has 0 amide bonds. The number of anilines is 1. The fourth-order valence-electron chi connectivity index (χ4n) is 2.33. The number of rotatable bonds is 4. The predicted octanol–water partition coefficient (Wildman–Crippen LogP) is -0.631. The maximum Gasteiger partial charge on any atom is 0.490 e. The second-order valence-electron chi connectivity index (χ2n) is 4.96. The van der Waals surface area contributed by atoms with E-state index < -0.39 is 13.1 Å². The van der Waals surface area contributed by atoms with Gasteiger partial charge in [-0.2, -0.15) is 5.26 Å². The molecule has 1 aromatic heterocycles. The third-order valence-electron chi connectivity index (χ3n) is 3.58. The Labute approximate surface area is 143 Å². The molecule has 0 fully saturated rings. The highest BCUT2D eigenvalue weighted by Gasteiger charge is 2.26. The summed E-state index contributed by atoms with van der Waals surface area (Å²) in [6.07, 6.45) is 1.28. The van der Waals surface area contributed by atoms with E-state index in [0.717, 1.165) is 7.11 Å². The lowest BCUT2D eigenvalue weighted by atomic mass is 9.78. The number of carbonyl (C=O) groups is 1. The minimum absolute atomic E-state index is 0.0194. The largest absolute Gasteiger partial charge is 0.490 e. The maximum absolute atomic E-state index is 12.1. The number of nitrogens with zero attached hydrogens (tertiary/aromatic N) is 2. The van der Waals surface area contributed by atoms with Crippen LogP contribution in [0.2, 0.25) is 0 Å². The maximum atomic E-state index is 12.1. The monoisotopic (exact) mass is 342 g/mol. The molecular formula is C15H15BN4O5. The predicted molar refractivity (Wildman–Crippen MR) is 89.9 cm³/mol. The Morgan fingerprint density at radius 1 is 1.36 bits per heavy atom. The molecule has 2 rings (SSSR count). The van der Waals surface area contributed by atoms with Gasteiger partial charge >= 0.3 is 13.1 Å². The van der Waals surface area contributed by atoms with Crippen LogP contribution in [0.25, 0.3) is 5.69 Å². The third kappa shape index (κ3) is 3.19. The van der Waals surface area contributed by atoms with Gasteiger partial charge in [0.1, 0.15) is 6.07 Å². The topological polar surface area (TPSA) is 155 Å². The van der Waals surface area contributed by atoms with Gasteiger partial charge in [0, 0.05) is 22.9 Å². The average molecular weight is 342 g/mol. The van der Waals surface area contributed by atoms with Gasteiger partial charge in [-0.3, -0.25) is 5.41 Å². The summed E-state index contributed by atoms with van der Waals surface area (Å²) < 4.78 is 10.8. The molecule has 9 nitrogen and oxygen atoms in total. The number of nitriles is 1. The molecule has 128 valence electrons. The molecule has 0 aliphatic rings. The molecule has 0 bridgehead atoms. The molecule has 0 aliphatic carbocycles. The van der Waals surface area contributed by atoms with Crippen molar-refractivity contribution in [2.45, 2.75) is 0 Å². The zero-order chi connectivity index (χ0) is 18.7. The lowest BCUT2D eigenvalue weighted by molar-refractivity contribution is 0.0593. The fourth-order valence-corrected chi connectivity index (χ4v) is 2.33. The minimum atomic E-state index is -1.86. The van der Waals surface area contributed by atoms with E-state index in [1.54, 1.807) is 0 Å². The number of carbonyl (C=O) groups excluding carboxylic acids is 1. The molecule has 2 aromatic rings. The van der Waals surface area contributed by atoms with Crippen molar-refractivity contribution in [3.05, 3.63) is 41.2 Å². The Morgan fingerprint density at radius 2 is 2.04 bits per heavy atom.